The molecule has 2 amide bonds. The minimum absolute atomic E-state index is 0.0848. The molecule has 6 heteroatoms. The zero-order chi connectivity index (χ0) is 18.4. The Hall–Kier alpha value is -2.40. The molecule has 25 heavy (non-hydrogen) atoms. The van der Waals surface area contributed by atoms with Crippen LogP contribution in [0.1, 0.15) is 30.6 Å². The van der Waals surface area contributed by atoms with Gasteiger partial charge in [0.2, 0.25) is 5.91 Å². The second kappa shape index (κ2) is 8.62. The number of hydrogen-bond donors (Lipinski definition) is 2. The van der Waals surface area contributed by atoms with Crippen LogP contribution in [0.3, 0.4) is 0 Å². The highest BCUT2D eigenvalue weighted by Gasteiger charge is 2.27. The van der Waals surface area contributed by atoms with Crippen molar-refractivity contribution in [1.29, 1.82) is 0 Å². The maximum atomic E-state index is 13.7. The molecule has 0 saturated carbocycles. The molecule has 0 fully saturated rings. The molecule has 2 aromatic rings. The molecule has 2 aromatic carbocycles. The van der Waals surface area contributed by atoms with Crippen molar-refractivity contribution in [3.8, 4) is 0 Å². The first kappa shape index (κ1) is 18.9. The summed E-state index contributed by atoms with van der Waals surface area (Å²) in [6, 6.07) is 11.5. The van der Waals surface area contributed by atoms with Crippen molar-refractivity contribution in [3.05, 3.63) is 64.9 Å². The van der Waals surface area contributed by atoms with E-state index in [0.717, 1.165) is 0 Å². The smallest absolute Gasteiger partial charge is 0.251 e. The zero-order valence-corrected chi connectivity index (χ0v) is 14.8. The number of nitrogens with one attached hydrogen (secondary N) is 2. The molecule has 2 atom stereocenters. The summed E-state index contributed by atoms with van der Waals surface area (Å²) in [7, 11) is 0. The van der Waals surface area contributed by atoms with Crippen LogP contribution in [0.2, 0.25) is 5.02 Å². The van der Waals surface area contributed by atoms with E-state index in [1.54, 1.807) is 36.4 Å². The molecule has 0 aliphatic heterocycles. The number of halogens is 2. The van der Waals surface area contributed by atoms with Gasteiger partial charge in [0.25, 0.3) is 5.91 Å². The number of hydrogen-bond acceptors (Lipinski definition) is 2. The topological polar surface area (TPSA) is 58.2 Å². The summed E-state index contributed by atoms with van der Waals surface area (Å²) in [4.78, 5) is 25.0. The SMILES string of the molecule is CCC(C)C(NC(=O)c1ccc(Cl)cc1)C(=O)Nc1ccccc1F. The summed E-state index contributed by atoms with van der Waals surface area (Å²) >= 11 is 5.82. The second-order valence-electron chi connectivity index (χ2n) is 5.81. The molecule has 0 saturated heterocycles. The summed E-state index contributed by atoms with van der Waals surface area (Å²) in [6.07, 6.45) is 0.677. The Morgan fingerprint density at radius 3 is 2.36 bits per heavy atom. The van der Waals surface area contributed by atoms with Gasteiger partial charge in [0.15, 0.2) is 0 Å². The predicted molar refractivity (Wildman–Crippen MR) is 97.2 cm³/mol. The minimum Gasteiger partial charge on any atom is -0.340 e. The van der Waals surface area contributed by atoms with E-state index in [-0.39, 0.29) is 17.5 Å². The van der Waals surface area contributed by atoms with Crippen LogP contribution in [0.5, 0.6) is 0 Å². The molecule has 132 valence electrons. The summed E-state index contributed by atoms with van der Waals surface area (Å²) in [5, 5.41) is 5.79. The summed E-state index contributed by atoms with van der Waals surface area (Å²) in [6.45, 7) is 3.77. The maximum absolute atomic E-state index is 13.7. The van der Waals surface area contributed by atoms with Gasteiger partial charge in [0.05, 0.1) is 5.69 Å². The number of para-hydroxylation sites is 1. The Bertz CT molecular complexity index is 749. The average Bonchev–Trinajstić information content (AvgIpc) is 2.61. The fraction of sp³-hybridized carbons (Fsp3) is 0.263. The van der Waals surface area contributed by atoms with Crippen molar-refractivity contribution < 1.29 is 14.0 Å². The molecule has 0 heterocycles. The molecule has 2 N–H and O–H groups in total. The van der Waals surface area contributed by atoms with E-state index in [2.05, 4.69) is 10.6 Å². The fourth-order valence-electron chi connectivity index (χ4n) is 2.30. The Balaban J connectivity index is 2.15. The lowest BCUT2D eigenvalue weighted by molar-refractivity contribution is -0.119. The maximum Gasteiger partial charge on any atom is 0.251 e. The lowest BCUT2D eigenvalue weighted by Crippen LogP contribution is -2.47. The molecule has 0 radical (unpaired) electrons. The summed E-state index contributed by atoms with van der Waals surface area (Å²) in [5.41, 5.74) is 0.484. The van der Waals surface area contributed by atoms with Crippen LogP contribution in [0, 0.1) is 11.7 Å². The lowest BCUT2D eigenvalue weighted by Gasteiger charge is -2.23. The Morgan fingerprint density at radius 2 is 1.76 bits per heavy atom. The average molecular weight is 363 g/mol. The van der Waals surface area contributed by atoms with Gasteiger partial charge in [0.1, 0.15) is 11.9 Å². The molecule has 0 aliphatic carbocycles. The van der Waals surface area contributed by atoms with Gasteiger partial charge >= 0.3 is 0 Å². The van der Waals surface area contributed by atoms with E-state index in [4.69, 9.17) is 11.6 Å². The third kappa shape index (κ3) is 5.03. The number of rotatable bonds is 6. The van der Waals surface area contributed by atoms with Gasteiger partial charge < -0.3 is 10.6 Å². The molecule has 0 aliphatic rings. The predicted octanol–water partition coefficient (Wildman–Crippen LogP) is 4.26. The fourth-order valence-corrected chi connectivity index (χ4v) is 2.43. The number of amides is 2. The zero-order valence-electron chi connectivity index (χ0n) is 14.1. The van der Waals surface area contributed by atoms with E-state index in [9.17, 15) is 14.0 Å². The molecule has 0 aromatic heterocycles. The standard InChI is InChI=1S/C19H20ClFN2O2/c1-3-12(2)17(19(25)22-16-7-5-4-6-15(16)21)23-18(24)13-8-10-14(20)11-9-13/h4-12,17H,3H2,1-2H3,(H,22,25)(H,23,24). The summed E-state index contributed by atoms with van der Waals surface area (Å²) in [5.74, 6) is -1.49. The highest BCUT2D eigenvalue weighted by Crippen LogP contribution is 2.16. The van der Waals surface area contributed by atoms with E-state index < -0.39 is 17.8 Å². The van der Waals surface area contributed by atoms with Crippen LogP contribution in [-0.2, 0) is 4.79 Å². The van der Waals surface area contributed by atoms with Gasteiger partial charge in [0, 0.05) is 10.6 Å². The van der Waals surface area contributed by atoms with Gasteiger partial charge in [-0.15, -0.1) is 0 Å². The molecule has 2 unspecified atom stereocenters. The highest BCUT2D eigenvalue weighted by atomic mass is 35.5. The van der Waals surface area contributed by atoms with Crippen LogP contribution in [-0.4, -0.2) is 17.9 Å². The van der Waals surface area contributed by atoms with E-state index >= 15 is 0 Å². The molecule has 4 nitrogen and oxygen atoms in total. The van der Waals surface area contributed by atoms with Gasteiger partial charge in [-0.05, 0) is 42.3 Å². The second-order valence-corrected chi connectivity index (χ2v) is 6.25. The van der Waals surface area contributed by atoms with E-state index in [0.29, 0.717) is 17.0 Å². The largest absolute Gasteiger partial charge is 0.340 e. The van der Waals surface area contributed by atoms with Crippen LogP contribution in [0.25, 0.3) is 0 Å². The van der Waals surface area contributed by atoms with Gasteiger partial charge in [-0.2, -0.15) is 0 Å². The van der Waals surface area contributed by atoms with Crippen LogP contribution in [0.4, 0.5) is 10.1 Å². The summed E-state index contributed by atoms with van der Waals surface area (Å²) < 4.78 is 13.7. The lowest BCUT2D eigenvalue weighted by atomic mass is 9.97. The quantitative estimate of drug-likeness (QED) is 0.806. The van der Waals surface area contributed by atoms with Crippen molar-refractivity contribution in [1.82, 2.24) is 5.32 Å². The first-order valence-corrected chi connectivity index (χ1v) is 8.42. The molecule has 2 rings (SSSR count). The molecule has 0 bridgehead atoms. The molecule has 0 spiro atoms. The van der Waals surface area contributed by atoms with E-state index in [1.807, 2.05) is 13.8 Å². The van der Waals surface area contributed by atoms with Gasteiger partial charge in [-0.3, -0.25) is 9.59 Å². The third-order valence-corrected chi connectivity index (χ3v) is 4.27. The Labute approximate surface area is 151 Å². The van der Waals surface area contributed by atoms with Crippen LogP contribution in [0.15, 0.2) is 48.5 Å². The van der Waals surface area contributed by atoms with Gasteiger partial charge in [-0.1, -0.05) is 44.0 Å². The Kier molecular flexibility index (Phi) is 6.53. The van der Waals surface area contributed by atoms with Crippen LogP contribution >= 0.6 is 11.6 Å². The molecular formula is C19H20ClFN2O2. The van der Waals surface area contributed by atoms with Crippen molar-refractivity contribution in [2.75, 3.05) is 5.32 Å². The molecular weight excluding hydrogens is 343 g/mol. The van der Waals surface area contributed by atoms with E-state index in [1.165, 1.54) is 12.1 Å². The van der Waals surface area contributed by atoms with Crippen molar-refractivity contribution >= 4 is 29.1 Å². The normalized spacial score (nSPS) is 13.0. The first-order chi connectivity index (χ1) is 11.9. The Morgan fingerprint density at radius 1 is 1.12 bits per heavy atom. The minimum atomic E-state index is -0.784. The van der Waals surface area contributed by atoms with Crippen molar-refractivity contribution in [2.24, 2.45) is 5.92 Å². The number of anilines is 1. The first-order valence-electron chi connectivity index (χ1n) is 8.04. The monoisotopic (exact) mass is 362 g/mol. The van der Waals surface area contributed by atoms with Crippen molar-refractivity contribution in [3.63, 3.8) is 0 Å². The van der Waals surface area contributed by atoms with Gasteiger partial charge in [-0.25, -0.2) is 4.39 Å². The van der Waals surface area contributed by atoms with Crippen LogP contribution < -0.4 is 10.6 Å². The highest BCUT2D eigenvalue weighted by molar-refractivity contribution is 6.30. The third-order valence-electron chi connectivity index (χ3n) is 4.02. The van der Waals surface area contributed by atoms with Crippen molar-refractivity contribution in [2.45, 2.75) is 26.3 Å². The number of carbonyl (C=O) groups excluding carboxylic acids is 2. The number of benzene rings is 2. The number of carbonyl (C=O) groups is 2.